The first-order chi connectivity index (χ1) is 10.2. The van der Waals surface area contributed by atoms with Gasteiger partial charge >= 0.3 is 0 Å². The molecule has 0 N–H and O–H groups in total. The molecule has 124 valence electrons. The molecule has 22 heavy (non-hydrogen) atoms. The smallest absolute Gasteiger partial charge is 0.156 e. The lowest BCUT2D eigenvalue weighted by Crippen LogP contribution is -2.40. The van der Waals surface area contributed by atoms with Crippen molar-refractivity contribution in [1.29, 1.82) is 0 Å². The summed E-state index contributed by atoms with van der Waals surface area (Å²) in [5.74, 6) is 2.82. The fourth-order valence-electron chi connectivity index (χ4n) is 4.73. The van der Waals surface area contributed by atoms with Crippen molar-refractivity contribution in [2.45, 2.75) is 73.1 Å². The van der Waals surface area contributed by atoms with E-state index in [0.29, 0.717) is 48.1 Å². The largest absolute Gasteiger partial charge is 0.300 e. The van der Waals surface area contributed by atoms with Crippen molar-refractivity contribution < 1.29 is 9.59 Å². The summed E-state index contributed by atoms with van der Waals surface area (Å²) in [6, 6.07) is 0. The number of rotatable bonds is 5. The first kappa shape index (κ1) is 17.4. The van der Waals surface area contributed by atoms with Gasteiger partial charge < -0.3 is 0 Å². The fourth-order valence-corrected chi connectivity index (χ4v) is 4.73. The molecule has 0 saturated heterocycles. The minimum absolute atomic E-state index is 0.161. The molecule has 0 aromatic heterocycles. The van der Waals surface area contributed by atoms with Crippen LogP contribution in [0.2, 0.25) is 0 Å². The van der Waals surface area contributed by atoms with Gasteiger partial charge in [0.25, 0.3) is 0 Å². The molecule has 1 saturated carbocycles. The Morgan fingerprint density at radius 1 is 1.32 bits per heavy atom. The second-order valence-corrected chi connectivity index (χ2v) is 8.59. The van der Waals surface area contributed by atoms with Gasteiger partial charge in [0.2, 0.25) is 0 Å². The molecule has 0 bridgehead atoms. The summed E-state index contributed by atoms with van der Waals surface area (Å²) in [6.07, 6.45) is 7.47. The van der Waals surface area contributed by atoms with Crippen LogP contribution in [0.25, 0.3) is 0 Å². The molecule has 0 heterocycles. The lowest BCUT2D eigenvalue weighted by atomic mass is 9.56. The molecule has 1 fully saturated rings. The molecule has 2 aliphatic rings. The van der Waals surface area contributed by atoms with Gasteiger partial charge in [-0.25, -0.2) is 0 Å². The molecule has 0 aromatic rings. The lowest BCUT2D eigenvalue weighted by Gasteiger charge is -2.48. The van der Waals surface area contributed by atoms with Crippen molar-refractivity contribution in [3.8, 4) is 0 Å². The molecule has 2 aliphatic carbocycles. The van der Waals surface area contributed by atoms with E-state index >= 15 is 0 Å². The van der Waals surface area contributed by atoms with Gasteiger partial charge in [0.05, 0.1) is 0 Å². The molecule has 0 aliphatic heterocycles. The maximum Gasteiger partial charge on any atom is 0.156 e. The summed E-state index contributed by atoms with van der Waals surface area (Å²) >= 11 is 0. The van der Waals surface area contributed by atoms with Crippen LogP contribution in [0.4, 0.5) is 0 Å². The van der Waals surface area contributed by atoms with Crippen molar-refractivity contribution >= 4 is 11.6 Å². The van der Waals surface area contributed by atoms with Crippen molar-refractivity contribution in [2.75, 3.05) is 0 Å². The third-order valence-electron chi connectivity index (χ3n) is 5.97. The van der Waals surface area contributed by atoms with Crippen LogP contribution < -0.4 is 0 Å². The number of carbonyl (C=O) groups excluding carboxylic acids is 2. The Bertz CT molecular complexity index is 474. The first-order valence-electron chi connectivity index (χ1n) is 8.94. The maximum absolute atomic E-state index is 12.1. The van der Waals surface area contributed by atoms with Crippen molar-refractivity contribution in [2.24, 2.45) is 29.1 Å². The summed E-state index contributed by atoms with van der Waals surface area (Å²) in [7, 11) is 0. The zero-order chi connectivity index (χ0) is 16.5. The van der Waals surface area contributed by atoms with Crippen molar-refractivity contribution in [3.05, 3.63) is 11.6 Å². The highest BCUT2D eigenvalue weighted by atomic mass is 16.1. The molecular weight excluding hydrogens is 272 g/mol. The molecule has 0 aromatic carbocycles. The summed E-state index contributed by atoms with van der Waals surface area (Å²) in [5.41, 5.74) is 1.43. The van der Waals surface area contributed by atoms with Gasteiger partial charge in [-0.05, 0) is 61.3 Å². The van der Waals surface area contributed by atoms with E-state index in [-0.39, 0.29) is 5.41 Å². The molecule has 0 amide bonds. The molecule has 0 radical (unpaired) electrons. The standard InChI is InChI=1S/C20H32O2/c1-13(2)8-17(21)9-14(3)16-6-7-20(5)12-18(22)10-15(4)19(20)11-16/h10,13-14,16,19H,6-9,11-12H2,1-5H3/t14-,16+,19-,20-/m0/s1. The Balaban J connectivity index is 2.00. The van der Waals surface area contributed by atoms with Crippen molar-refractivity contribution in [3.63, 3.8) is 0 Å². The van der Waals surface area contributed by atoms with Crippen LogP contribution in [0.15, 0.2) is 11.6 Å². The monoisotopic (exact) mass is 304 g/mol. The van der Waals surface area contributed by atoms with E-state index in [1.165, 1.54) is 12.0 Å². The number of fused-ring (bicyclic) bond motifs is 1. The third kappa shape index (κ3) is 3.88. The number of ketones is 2. The average molecular weight is 304 g/mol. The van der Waals surface area contributed by atoms with Crippen LogP contribution in [0, 0.1) is 29.1 Å². The molecule has 2 nitrogen and oxygen atoms in total. The van der Waals surface area contributed by atoms with Crippen LogP contribution in [0.5, 0.6) is 0 Å². The van der Waals surface area contributed by atoms with Gasteiger partial charge in [0, 0.05) is 19.3 Å². The van der Waals surface area contributed by atoms with E-state index in [1.54, 1.807) is 0 Å². The minimum atomic E-state index is 0.161. The maximum atomic E-state index is 12.1. The van der Waals surface area contributed by atoms with Crippen molar-refractivity contribution in [1.82, 2.24) is 0 Å². The van der Waals surface area contributed by atoms with Gasteiger partial charge in [-0.2, -0.15) is 0 Å². The third-order valence-corrected chi connectivity index (χ3v) is 5.97. The van der Waals surface area contributed by atoms with Crippen LogP contribution in [-0.2, 0) is 9.59 Å². The quantitative estimate of drug-likeness (QED) is 0.718. The Hall–Kier alpha value is -0.920. The topological polar surface area (TPSA) is 34.1 Å². The summed E-state index contributed by atoms with van der Waals surface area (Å²) in [4.78, 5) is 24.0. The Morgan fingerprint density at radius 3 is 2.64 bits per heavy atom. The van der Waals surface area contributed by atoms with Gasteiger partial charge in [-0.1, -0.05) is 33.3 Å². The number of allylic oxidation sites excluding steroid dienone is 2. The normalized spacial score (nSPS) is 33.4. The Kier molecular flexibility index (Phi) is 5.29. The number of carbonyl (C=O) groups is 2. The average Bonchev–Trinajstić information content (AvgIpc) is 2.35. The minimum Gasteiger partial charge on any atom is -0.300 e. The van der Waals surface area contributed by atoms with E-state index in [0.717, 1.165) is 19.3 Å². The number of hydrogen-bond acceptors (Lipinski definition) is 2. The lowest BCUT2D eigenvalue weighted by molar-refractivity contribution is -0.121. The molecular formula is C20H32O2. The SMILES string of the molecule is CC1=CC(=O)C[C@]2(C)CC[C@@H]([C@@H](C)CC(=O)CC(C)C)C[C@@H]12. The zero-order valence-corrected chi connectivity index (χ0v) is 14.9. The molecule has 2 rings (SSSR count). The van der Waals surface area contributed by atoms with E-state index in [2.05, 4.69) is 34.6 Å². The summed E-state index contributed by atoms with van der Waals surface area (Å²) in [6.45, 7) is 10.9. The number of Topliss-reactive ketones (excluding diaryl/α,β-unsaturated/α-hetero) is 1. The second kappa shape index (κ2) is 6.68. The Morgan fingerprint density at radius 2 is 2.00 bits per heavy atom. The van der Waals surface area contributed by atoms with Gasteiger partial charge in [0.15, 0.2) is 5.78 Å². The van der Waals surface area contributed by atoms with E-state index < -0.39 is 0 Å². The Labute approximate surface area is 135 Å². The van der Waals surface area contributed by atoms with E-state index in [9.17, 15) is 9.59 Å². The van der Waals surface area contributed by atoms with Crippen LogP contribution in [0.3, 0.4) is 0 Å². The predicted octanol–water partition coefficient (Wildman–Crippen LogP) is 4.97. The fraction of sp³-hybridized carbons (Fsp3) is 0.800. The zero-order valence-electron chi connectivity index (χ0n) is 14.9. The molecule has 0 spiro atoms. The highest BCUT2D eigenvalue weighted by Gasteiger charge is 2.44. The summed E-state index contributed by atoms with van der Waals surface area (Å²) in [5, 5.41) is 0. The number of hydrogen-bond donors (Lipinski definition) is 0. The first-order valence-corrected chi connectivity index (χ1v) is 8.94. The van der Waals surface area contributed by atoms with E-state index in [1.807, 2.05) is 6.08 Å². The van der Waals surface area contributed by atoms with E-state index in [4.69, 9.17) is 0 Å². The van der Waals surface area contributed by atoms with Crippen LogP contribution in [0.1, 0.15) is 73.1 Å². The van der Waals surface area contributed by atoms with Crippen LogP contribution in [-0.4, -0.2) is 11.6 Å². The highest BCUT2D eigenvalue weighted by Crippen LogP contribution is 2.52. The second-order valence-electron chi connectivity index (χ2n) is 8.59. The van der Waals surface area contributed by atoms with Gasteiger partial charge in [-0.15, -0.1) is 0 Å². The molecule has 2 heteroatoms. The predicted molar refractivity (Wildman–Crippen MR) is 90.6 cm³/mol. The van der Waals surface area contributed by atoms with Gasteiger partial charge in [-0.3, -0.25) is 9.59 Å². The van der Waals surface area contributed by atoms with Crippen LogP contribution >= 0.6 is 0 Å². The van der Waals surface area contributed by atoms with Gasteiger partial charge in [0.1, 0.15) is 5.78 Å². The molecule has 0 unspecified atom stereocenters. The molecule has 4 atom stereocenters. The summed E-state index contributed by atoms with van der Waals surface area (Å²) < 4.78 is 0. The highest BCUT2D eigenvalue weighted by molar-refractivity contribution is 5.92.